The first-order valence-corrected chi connectivity index (χ1v) is 4.82. The molecular weight excluding hydrogens is 178 g/mol. The molecule has 0 aromatic heterocycles. The van der Waals surface area contributed by atoms with Crippen molar-refractivity contribution < 1.29 is 9.84 Å². The van der Waals surface area contributed by atoms with Gasteiger partial charge in [-0.1, -0.05) is 13.0 Å². The molecule has 0 spiro atoms. The van der Waals surface area contributed by atoms with Crippen molar-refractivity contribution in [1.29, 1.82) is 0 Å². The normalized spacial score (nSPS) is 10.2. The van der Waals surface area contributed by atoms with E-state index in [9.17, 15) is 5.11 Å². The molecule has 0 saturated heterocycles. The number of aromatic hydroxyl groups is 1. The smallest absolute Gasteiger partial charge is 0.161 e. The van der Waals surface area contributed by atoms with E-state index in [0.29, 0.717) is 18.7 Å². The number of ether oxygens (including phenoxy) is 1. The van der Waals surface area contributed by atoms with Crippen molar-refractivity contribution in [2.24, 2.45) is 5.73 Å². The number of phenolic OH excluding ortho intramolecular Hbond substituents is 1. The third kappa shape index (κ3) is 1.99. The van der Waals surface area contributed by atoms with Crippen LogP contribution in [0.1, 0.15) is 18.1 Å². The number of benzene rings is 1. The summed E-state index contributed by atoms with van der Waals surface area (Å²) in [6.07, 6.45) is 1.58. The SMILES string of the molecule is CCc1ccc(OC)c(O)c1CCN. The van der Waals surface area contributed by atoms with Gasteiger partial charge in [-0.2, -0.15) is 0 Å². The average molecular weight is 195 g/mol. The summed E-state index contributed by atoms with van der Waals surface area (Å²) < 4.78 is 5.04. The lowest BCUT2D eigenvalue weighted by Crippen LogP contribution is -2.06. The minimum absolute atomic E-state index is 0.234. The molecule has 0 amide bonds. The summed E-state index contributed by atoms with van der Waals surface area (Å²) in [6, 6.07) is 3.76. The predicted molar refractivity (Wildman–Crippen MR) is 56.8 cm³/mol. The fraction of sp³-hybridized carbons (Fsp3) is 0.455. The Labute approximate surface area is 84.5 Å². The molecule has 3 nitrogen and oxygen atoms in total. The van der Waals surface area contributed by atoms with Crippen LogP contribution in [0.15, 0.2) is 12.1 Å². The zero-order valence-corrected chi connectivity index (χ0v) is 8.71. The van der Waals surface area contributed by atoms with E-state index in [1.54, 1.807) is 13.2 Å². The molecule has 3 N–H and O–H groups in total. The fourth-order valence-corrected chi connectivity index (χ4v) is 1.58. The number of phenols is 1. The first kappa shape index (κ1) is 10.9. The highest BCUT2D eigenvalue weighted by Gasteiger charge is 2.10. The molecule has 3 heteroatoms. The monoisotopic (exact) mass is 195 g/mol. The largest absolute Gasteiger partial charge is 0.504 e. The minimum atomic E-state index is 0.234. The molecular formula is C11H17NO2. The Morgan fingerprint density at radius 1 is 1.43 bits per heavy atom. The summed E-state index contributed by atoms with van der Waals surface area (Å²) in [5.41, 5.74) is 7.54. The Kier molecular flexibility index (Phi) is 3.77. The lowest BCUT2D eigenvalue weighted by Gasteiger charge is -2.12. The third-order valence-electron chi connectivity index (χ3n) is 2.34. The maximum absolute atomic E-state index is 9.85. The molecule has 0 aliphatic rings. The maximum Gasteiger partial charge on any atom is 0.161 e. The first-order valence-electron chi connectivity index (χ1n) is 4.82. The van der Waals surface area contributed by atoms with Gasteiger partial charge in [-0.05, 0) is 31.0 Å². The van der Waals surface area contributed by atoms with Gasteiger partial charge in [0.05, 0.1) is 7.11 Å². The van der Waals surface area contributed by atoms with Crippen LogP contribution in [0, 0.1) is 0 Å². The summed E-state index contributed by atoms with van der Waals surface area (Å²) in [5, 5.41) is 9.85. The van der Waals surface area contributed by atoms with Gasteiger partial charge in [-0.3, -0.25) is 0 Å². The maximum atomic E-state index is 9.85. The van der Waals surface area contributed by atoms with E-state index in [0.717, 1.165) is 17.5 Å². The fourth-order valence-electron chi connectivity index (χ4n) is 1.58. The molecule has 0 radical (unpaired) electrons. The van der Waals surface area contributed by atoms with Crippen LogP contribution in [-0.2, 0) is 12.8 Å². The highest BCUT2D eigenvalue weighted by molar-refractivity contribution is 5.50. The van der Waals surface area contributed by atoms with Gasteiger partial charge in [0.2, 0.25) is 0 Å². The summed E-state index contributed by atoms with van der Waals surface area (Å²) in [4.78, 5) is 0. The first-order chi connectivity index (χ1) is 6.74. The highest BCUT2D eigenvalue weighted by Crippen LogP contribution is 2.32. The van der Waals surface area contributed by atoms with Gasteiger partial charge < -0.3 is 15.6 Å². The average Bonchev–Trinajstić information content (AvgIpc) is 2.21. The molecule has 0 aliphatic carbocycles. The molecule has 1 rings (SSSR count). The highest BCUT2D eigenvalue weighted by atomic mass is 16.5. The van der Waals surface area contributed by atoms with Crippen molar-refractivity contribution in [1.82, 2.24) is 0 Å². The van der Waals surface area contributed by atoms with Crippen molar-refractivity contribution in [2.75, 3.05) is 13.7 Å². The van der Waals surface area contributed by atoms with Crippen LogP contribution >= 0.6 is 0 Å². The Bertz CT molecular complexity index is 310. The van der Waals surface area contributed by atoms with Crippen LogP contribution in [-0.4, -0.2) is 18.8 Å². The lowest BCUT2D eigenvalue weighted by molar-refractivity contribution is 0.370. The molecule has 1 aromatic carbocycles. The van der Waals surface area contributed by atoms with Crippen LogP contribution in [0.25, 0.3) is 0 Å². The molecule has 14 heavy (non-hydrogen) atoms. The van der Waals surface area contributed by atoms with E-state index in [1.165, 1.54) is 0 Å². The van der Waals surface area contributed by atoms with Gasteiger partial charge in [-0.15, -0.1) is 0 Å². The predicted octanol–water partition coefficient (Wildman–Crippen LogP) is 1.46. The number of rotatable bonds is 4. The summed E-state index contributed by atoms with van der Waals surface area (Å²) >= 11 is 0. The van der Waals surface area contributed by atoms with E-state index in [2.05, 4.69) is 6.92 Å². The van der Waals surface area contributed by atoms with Crippen molar-refractivity contribution in [2.45, 2.75) is 19.8 Å². The van der Waals surface area contributed by atoms with Crippen LogP contribution in [0.2, 0.25) is 0 Å². The Morgan fingerprint density at radius 3 is 2.64 bits per heavy atom. The van der Waals surface area contributed by atoms with Crippen molar-refractivity contribution in [3.63, 3.8) is 0 Å². The molecule has 1 aromatic rings. The van der Waals surface area contributed by atoms with Gasteiger partial charge in [0.25, 0.3) is 0 Å². The van der Waals surface area contributed by atoms with Crippen LogP contribution in [0.5, 0.6) is 11.5 Å². The summed E-state index contributed by atoms with van der Waals surface area (Å²) in [6.45, 7) is 2.59. The van der Waals surface area contributed by atoms with E-state index in [4.69, 9.17) is 10.5 Å². The van der Waals surface area contributed by atoms with Crippen LogP contribution in [0.3, 0.4) is 0 Å². The van der Waals surface area contributed by atoms with Gasteiger partial charge in [0, 0.05) is 5.56 Å². The second-order valence-corrected chi connectivity index (χ2v) is 3.15. The second-order valence-electron chi connectivity index (χ2n) is 3.15. The van der Waals surface area contributed by atoms with Crippen molar-refractivity contribution >= 4 is 0 Å². The van der Waals surface area contributed by atoms with E-state index in [-0.39, 0.29) is 5.75 Å². The summed E-state index contributed by atoms with van der Waals surface area (Å²) in [5.74, 6) is 0.753. The number of hydrogen-bond donors (Lipinski definition) is 2. The van der Waals surface area contributed by atoms with E-state index in [1.807, 2.05) is 6.07 Å². The zero-order chi connectivity index (χ0) is 10.6. The van der Waals surface area contributed by atoms with Gasteiger partial charge in [0.1, 0.15) is 0 Å². The molecule has 0 heterocycles. The van der Waals surface area contributed by atoms with Crippen molar-refractivity contribution in [3.05, 3.63) is 23.3 Å². The van der Waals surface area contributed by atoms with Crippen LogP contribution < -0.4 is 10.5 Å². The summed E-state index contributed by atoms with van der Waals surface area (Å²) in [7, 11) is 1.55. The van der Waals surface area contributed by atoms with Crippen molar-refractivity contribution in [3.8, 4) is 11.5 Å². The van der Waals surface area contributed by atoms with Gasteiger partial charge in [0.15, 0.2) is 11.5 Å². The molecule has 0 atom stereocenters. The third-order valence-corrected chi connectivity index (χ3v) is 2.34. The quantitative estimate of drug-likeness (QED) is 0.764. The Hall–Kier alpha value is -1.22. The Balaban J connectivity index is 3.16. The standard InChI is InChI=1S/C11H17NO2/c1-3-8-4-5-10(14-2)11(13)9(8)6-7-12/h4-5,13H,3,6-7,12H2,1-2H3. The minimum Gasteiger partial charge on any atom is -0.504 e. The lowest BCUT2D eigenvalue weighted by atomic mass is 10.0. The Morgan fingerprint density at radius 2 is 2.14 bits per heavy atom. The second kappa shape index (κ2) is 4.86. The molecule has 0 saturated carbocycles. The van der Waals surface area contributed by atoms with Gasteiger partial charge >= 0.3 is 0 Å². The van der Waals surface area contributed by atoms with Gasteiger partial charge in [-0.25, -0.2) is 0 Å². The zero-order valence-electron chi connectivity index (χ0n) is 8.71. The van der Waals surface area contributed by atoms with E-state index < -0.39 is 0 Å². The molecule has 0 fully saturated rings. The molecule has 0 bridgehead atoms. The van der Waals surface area contributed by atoms with Crippen LogP contribution in [0.4, 0.5) is 0 Å². The number of hydrogen-bond acceptors (Lipinski definition) is 3. The topological polar surface area (TPSA) is 55.5 Å². The molecule has 0 aliphatic heterocycles. The molecule has 78 valence electrons. The molecule has 0 unspecified atom stereocenters. The number of aryl methyl sites for hydroxylation is 1. The van der Waals surface area contributed by atoms with E-state index >= 15 is 0 Å². The number of methoxy groups -OCH3 is 1. The number of nitrogens with two attached hydrogens (primary N) is 1.